The van der Waals surface area contributed by atoms with Crippen molar-refractivity contribution < 1.29 is 9.53 Å². The number of nitrogens with one attached hydrogen (secondary N) is 2. The summed E-state index contributed by atoms with van der Waals surface area (Å²) < 4.78 is 5.22. The van der Waals surface area contributed by atoms with E-state index in [4.69, 9.17) is 4.74 Å². The van der Waals surface area contributed by atoms with Gasteiger partial charge in [0.25, 0.3) is 5.91 Å². The lowest BCUT2D eigenvalue weighted by atomic mass is 10.1. The van der Waals surface area contributed by atoms with Crippen molar-refractivity contribution in [1.82, 2.24) is 15.3 Å². The Balaban J connectivity index is 1.86. The van der Waals surface area contributed by atoms with Crippen LogP contribution in [0.2, 0.25) is 0 Å². The molecule has 0 aliphatic carbocycles. The van der Waals surface area contributed by atoms with Gasteiger partial charge in [-0.25, -0.2) is 9.97 Å². The van der Waals surface area contributed by atoms with Gasteiger partial charge in [-0.15, -0.1) is 0 Å². The largest absolute Gasteiger partial charge is 0.497 e. The highest BCUT2D eigenvalue weighted by molar-refractivity contribution is 5.92. The summed E-state index contributed by atoms with van der Waals surface area (Å²) in [6.07, 6.45) is 4.24. The standard InChI is InChI=1S/C18H24N4O2/c1-3-4-9-20-18(23)16-12-17(22-13-21-16)19-10-8-14-6-5-7-15(11-14)24-2/h5-7,11-13H,3-4,8-10H2,1-2H3,(H,20,23)(H,19,21,22). The van der Waals surface area contributed by atoms with Gasteiger partial charge in [-0.05, 0) is 30.5 Å². The van der Waals surface area contributed by atoms with E-state index in [1.54, 1.807) is 13.2 Å². The van der Waals surface area contributed by atoms with Crippen LogP contribution in [0.3, 0.4) is 0 Å². The molecule has 6 nitrogen and oxygen atoms in total. The van der Waals surface area contributed by atoms with Gasteiger partial charge in [0.15, 0.2) is 0 Å². The van der Waals surface area contributed by atoms with Crippen LogP contribution in [-0.2, 0) is 6.42 Å². The van der Waals surface area contributed by atoms with E-state index < -0.39 is 0 Å². The Hall–Kier alpha value is -2.63. The number of rotatable bonds is 9. The first-order chi connectivity index (χ1) is 11.7. The second-order valence-electron chi connectivity index (χ2n) is 5.43. The summed E-state index contributed by atoms with van der Waals surface area (Å²) in [4.78, 5) is 20.2. The number of amides is 1. The van der Waals surface area contributed by atoms with Crippen molar-refractivity contribution in [3.63, 3.8) is 0 Å². The van der Waals surface area contributed by atoms with Gasteiger partial charge in [0.05, 0.1) is 7.11 Å². The van der Waals surface area contributed by atoms with Crippen LogP contribution in [0.5, 0.6) is 5.75 Å². The van der Waals surface area contributed by atoms with Crippen LogP contribution in [0.25, 0.3) is 0 Å². The molecule has 0 atom stereocenters. The Morgan fingerprint density at radius 2 is 2.08 bits per heavy atom. The van der Waals surface area contributed by atoms with Crippen LogP contribution in [0.4, 0.5) is 5.82 Å². The molecule has 1 aromatic heterocycles. The zero-order valence-electron chi connectivity index (χ0n) is 14.2. The highest BCUT2D eigenvalue weighted by atomic mass is 16.5. The number of carbonyl (C=O) groups is 1. The molecule has 1 aromatic carbocycles. The molecule has 2 aromatic rings. The Labute approximate surface area is 142 Å². The van der Waals surface area contributed by atoms with Crippen molar-refractivity contribution >= 4 is 11.7 Å². The second-order valence-corrected chi connectivity index (χ2v) is 5.43. The number of ether oxygens (including phenoxy) is 1. The third-order valence-corrected chi connectivity index (χ3v) is 3.57. The van der Waals surface area contributed by atoms with Gasteiger partial charge in [0.2, 0.25) is 0 Å². The van der Waals surface area contributed by atoms with Crippen LogP contribution in [-0.4, -0.2) is 36.1 Å². The van der Waals surface area contributed by atoms with Gasteiger partial charge in [-0.3, -0.25) is 4.79 Å². The lowest BCUT2D eigenvalue weighted by molar-refractivity contribution is 0.0948. The fourth-order valence-corrected chi connectivity index (χ4v) is 2.21. The predicted molar refractivity (Wildman–Crippen MR) is 94.5 cm³/mol. The van der Waals surface area contributed by atoms with Crippen LogP contribution in [0.1, 0.15) is 35.8 Å². The minimum Gasteiger partial charge on any atom is -0.497 e. The summed E-state index contributed by atoms with van der Waals surface area (Å²) in [7, 11) is 1.66. The van der Waals surface area contributed by atoms with Crippen molar-refractivity contribution in [2.45, 2.75) is 26.2 Å². The van der Waals surface area contributed by atoms with Crippen LogP contribution < -0.4 is 15.4 Å². The lowest BCUT2D eigenvalue weighted by Gasteiger charge is -2.08. The van der Waals surface area contributed by atoms with Crippen LogP contribution in [0, 0.1) is 0 Å². The third kappa shape index (κ3) is 5.53. The van der Waals surface area contributed by atoms with Crippen molar-refractivity contribution in [3.8, 4) is 5.75 Å². The summed E-state index contributed by atoms with van der Waals surface area (Å²) in [5.74, 6) is 1.33. The maximum Gasteiger partial charge on any atom is 0.270 e. The summed E-state index contributed by atoms with van der Waals surface area (Å²) in [5, 5.41) is 6.07. The summed E-state index contributed by atoms with van der Waals surface area (Å²) in [6, 6.07) is 9.63. The number of carbonyl (C=O) groups excluding carboxylic acids is 1. The summed E-state index contributed by atoms with van der Waals surface area (Å²) in [5.41, 5.74) is 1.55. The number of methoxy groups -OCH3 is 1. The third-order valence-electron chi connectivity index (χ3n) is 3.57. The average Bonchev–Trinajstić information content (AvgIpc) is 2.62. The van der Waals surface area contributed by atoms with E-state index >= 15 is 0 Å². The normalized spacial score (nSPS) is 10.2. The summed E-state index contributed by atoms with van der Waals surface area (Å²) in [6.45, 7) is 3.46. The topological polar surface area (TPSA) is 76.1 Å². The maximum absolute atomic E-state index is 12.0. The molecule has 0 fully saturated rings. The molecule has 2 rings (SSSR count). The number of unbranched alkanes of at least 4 members (excludes halogenated alkanes) is 1. The fourth-order valence-electron chi connectivity index (χ4n) is 2.21. The van der Waals surface area contributed by atoms with E-state index in [9.17, 15) is 4.79 Å². The van der Waals surface area contributed by atoms with Crippen molar-refractivity contribution in [1.29, 1.82) is 0 Å². The first-order valence-electron chi connectivity index (χ1n) is 8.20. The fraction of sp³-hybridized carbons (Fsp3) is 0.389. The maximum atomic E-state index is 12.0. The highest BCUT2D eigenvalue weighted by Gasteiger charge is 2.07. The molecule has 1 heterocycles. The smallest absolute Gasteiger partial charge is 0.270 e. The Bertz CT molecular complexity index is 661. The van der Waals surface area contributed by atoms with Crippen LogP contribution in [0.15, 0.2) is 36.7 Å². The van der Waals surface area contributed by atoms with E-state index in [-0.39, 0.29) is 5.91 Å². The molecule has 0 radical (unpaired) electrons. The number of anilines is 1. The lowest BCUT2D eigenvalue weighted by Crippen LogP contribution is -2.25. The van der Waals surface area contributed by atoms with Crippen molar-refractivity contribution in [2.24, 2.45) is 0 Å². The average molecular weight is 328 g/mol. The van der Waals surface area contributed by atoms with E-state index in [2.05, 4.69) is 33.6 Å². The molecule has 0 saturated carbocycles. The van der Waals surface area contributed by atoms with Crippen molar-refractivity contribution in [2.75, 3.05) is 25.5 Å². The van der Waals surface area contributed by atoms with Crippen molar-refractivity contribution in [3.05, 3.63) is 47.9 Å². The van der Waals surface area contributed by atoms with Gasteiger partial charge in [0.1, 0.15) is 23.6 Å². The van der Waals surface area contributed by atoms with E-state index in [0.717, 1.165) is 25.0 Å². The highest BCUT2D eigenvalue weighted by Crippen LogP contribution is 2.13. The first-order valence-corrected chi connectivity index (χ1v) is 8.20. The zero-order valence-corrected chi connectivity index (χ0v) is 14.2. The molecular formula is C18H24N4O2. The van der Waals surface area contributed by atoms with E-state index in [0.29, 0.717) is 24.6 Å². The van der Waals surface area contributed by atoms with Crippen LogP contribution >= 0.6 is 0 Å². The van der Waals surface area contributed by atoms with Gasteiger partial charge in [-0.1, -0.05) is 25.5 Å². The van der Waals surface area contributed by atoms with E-state index in [1.807, 2.05) is 18.2 Å². The van der Waals surface area contributed by atoms with Gasteiger partial charge >= 0.3 is 0 Å². The predicted octanol–water partition coefficient (Wildman–Crippen LogP) is 2.67. The molecule has 0 unspecified atom stereocenters. The second kappa shape index (κ2) is 9.50. The number of nitrogens with zero attached hydrogens (tertiary/aromatic N) is 2. The molecule has 2 N–H and O–H groups in total. The summed E-state index contributed by atoms with van der Waals surface area (Å²) >= 11 is 0. The minimum atomic E-state index is -0.165. The zero-order chi connectivity index (χ0) is 17.2. The first kappa shape index (κ1) is 17.7. The molecular weight excluding hydrogens is 304 g/mol. The Morgan fingerprint density at radius 3 is 2.88 bits per heavy atom. The number of benzene rings is 1. The van der Waals surface area contributed by atoms with Gasteiger partial charge in [-0.2, -0.15) is 0 Å². The molecule has 0 saturated heterocycles. The Morgan fingerprint density at radius 1 is 1.21 bits per heavy atom. The SMILES string of the molecule is CCCCNC(=O)c1cc(NCCc2cccc(OC)c2)ncn1. The number of aromatic nitrogens is 2. The molecule has 0 aliphatic heterocycles. The van der Waals surface area contributed by atoms with Gasteiger partial charge < -0.3 is 15.4 Å². The number of hydrogen-bond acceptors (Lipinski definition) is 5. The number of hydrogen-bond donors (Lipinski definition) is 2. The molecule has 128 valence electrons. The van der Waals surface area contributed by atoms with E-state index in [1.165, 1.54) is 11.9 Å². The Kier molecular flexibility index (Phi) is 7.01. The van der Waals surface area contributed by atoms with Gasteiger partial charge in [0, 0.05) is 19.2 Å². The molecule has 0 spiro atoms. The minimum absolute atomic E-state index is 0.165. The molecule has 1 amide bonds. The molecule has 24 heavy (non-hydrogen) atoms. The molecule has 6 heteroatoms. The molecule has 0 bridgehead atoms. The quantitative estimate of drug-likeness (QED) is 0.692. The molecule has 0 aliphatic rings. The monoisotopic (exact) mass is 328 g/mol.